The van der Waals surface area contributed by atoms with Gasteiger partial charge in [0.05, 0.1) is 13.4 Å². The maximum absolute atomic E-state index is 12.8. The molecule has 1 fully saturated rings. The van der Waals surface area contributed by atoms with Gasteiger partial charge in [0.1, 0.15) is 4.83 Å². The van der Waals surface area contributed by atoms with Gasteiger partial charge in [-0.1, -0.05) is 11.3 Å². The van der Waals surface area contributed by atoms with Crippen molar-refractivity contribution >= 4 is 70.5 Å². The lowest BCUT2D eigenvalue weighted by Gasteiger charge is -2.34. The van der Waals surface area contributed by atoms with Gasteiger partial charge in [-0.2, -0.15) is 0 Å². The topological polar surface area (TPSA) is 39.7 Å². The molecule has 1 aliphatic heterocycles. The maximum Gasteiger partial charge on any atom is 0.264 e. The summed E-state index contributed by atoms with van der Waals surface area (Å²) in [7, 11) is 3.98. The van der Waals surface area contributed by atoms with E-state index in [1.807, 2.05) is 30.0 Å². The third-order valence-corrected chi connectivity index (χ3v) is 8.26. The van der Waals surface area contributed by atoms with Crippen molar-refractivity contribution in [2.45, 2.75) is 6.54 Å². The smallest absolute Gasteiger partial charge is 0.264 e. The van der Waals surface area contributed by atoms with E-state index in [4.69, 9.17) is 0 Å². The molecule has 5 nitrogen and oxygen atoms in total. The Balaban J connectivity index is 1.37. The number of thiophene rings is 2. The lowest BCUT2D eigenvalue weighted by Crippen LogP contribution is -2.48. The van der Waals surface area contributed by atoms with Crippen LogP contribution in [-0.2, 0) is 6.54 Å². The number of aromatic nitrogens is 1. The molecule has 26 heavy (non-hydrogen) atoms. The molecule has 0 spiro atoms. The van der Waals surface area contributed by atoms with E-state index in [0.717, 1.165) is 52.3 Å². The highest BCUT2D eigenvalue weighted by molar-refractivity contribution is 9.11. The molecule has 1 saturated heterocycles. The molecular formula is C17H19BrN4OS3. The van der Waals surface area contributed by atoms with Crippen LogP contribution < -0.4 is 4.90 Å². The number of piperazine rings is 1. The average Bonchev–Trinajstić information content (AvgIpc) is 3.29. The van der Waals surface area contributed by atoms with Crippen LogP contribution >= 0.6 is 49.9 Å². The number of thiazole rings is 1. The molecule has 0 aromatic carbocycles. The molecule has 0 aliphatic carbocycles. The average molecular weight is 471 g/mol. The number of carbonyl (C=O) groups is 1. The Morgan fingerprint density at radius 2 is 1.96 bits per heavy atom. The molecule has 4 heterocycles. The number of carbonyl (C=O) groups excluding carboxylic acids is 1. The molecule has 1 aliphatic rings. The van der Waals surface area contributed by atoms with Crippen LogP contribution in [0.15, 0.2) is 22.0 Å². The Morgan fingerprint density at radius 3 is 2.58 bits per heavy atom. The minimum atomic E-state index is 0.144. The first kappa shape index (κ1) is 18.4. The number of halogens is 1. The molecule has 3 aromatic heterocycles. The third kappa shape index (κ3) is 3.82. The van der Waals surface area contributed by atoms with Crippen molar-refractivity contribution in [1.82, 2.24) is 14.8 Å². The number of rotatable bonds is 4. The summed E-state index contributed by atoms with van der Waals surface area (Å²) in [4.78, 5) is 27.0. The van der Waals surface area contributed by atoms with Crippen LogP contribution in [0.3, 0.4) is 0 Å². The highest BCUT2D eigenvalue weighted by Crippen LogP contribution is 2.34. The lowest BCUT2D eigenvalue weighted by atomic mass is 10.3. The fraction of sp³-hybridized carbons (Fsp3) is 0.412. The van der Waals surface area contributed by atoms with E-state index in [2.05, 4.69) is 37.9 Å². The van der Waals surface area contributed by atoms with Crippen molar-refractivity contribution in [2.75, 3.05) is 45.2 Å². The van der Waals surface area contributed by atoms with Crippen LogP contribution in [0.1, 0.15) is 14.5 Å². The fourth-order valence-electron chi connectivity index (χ4n) is 2.94. The summed E-state index contributed by atoms with van der Waals surface area (Å²) in [5.74, 6) is 0.144. The number of nitrogens with zero attached hydrogens (tertiary/aromatic N) is 4. The predicted molar refractivity (Wildman–Crippen MR) is 115 cm³/mol. The van der Waals surface area contributed by atoms with Crippen molar-refractivity contribution in [1.29, 1.82) is 0 Å². The second-order valence-electron chi connectivity index (χ2n) is 6.45. The van der Waals surface area contributed by atoms with Crippen molar-refractivity contribution < 1.29 is 4.79 Å². The molecule has 0 radical (unpaired) electrons. The Labute approximate surface area is 173 Å². The lowest BCUT2D eigenvalue weighted by molar-refractivity contribution is 0.0634. The van der Waals surface area contributed by atoms with Gasteiger partial charge in [-0.05, 0) is 34.1 Å². The van der Waals surface area contributed by atoms with Crippen LogP contribution in [0, 0.1) is 0 Å². The molecule has 9 heteroatoms. The van der Waals surface area contributed by atoms with E-state index in [1.165, 1.54) is 20.0 Å². The zero-order valence-corrected chi connectivity index (χ0v) is 18.6. The van der Waals surface area contributed by atoms with Crippen LogP contribution in [-0.4, -0.2) is 61.0 Å². The van der Waals surface area contributed by atoms with E-state index >= 15 is 0 Å². The Hall–Kier alpha value is -1.000. The van der Waals surface area contributed by atoms with E-state index in [9.17, 15) is 4.79 Å². The molecular weight excluding hydrogens is 452 g/mol. The summed E-state index contributed by atoms with van der Waals surface area (Å²) < 4.78 is 2.27. The van der Waals surface area contributed by atoms with Gasteiger partial charge in [-0.3, -0.25) is 9.69 Å². The largest absolute Gasteiger partial charge is 0.354 e. The van der Waals surface area contributed by atoms with Gasteiger partial charge >= 0.3 is 0 Å². The minimum Gasteiger partial charge on any atom is -0.354 e. The van der Waals surface area contributed by atoms with Crippen LogP contribution in [0.5, 0.6) is 0 Å². The summed E-state index contributed by atoms with van der Waals surface area (Å²) in [6.45, 7) is 4.37. The molecule has 4 rings (SSSR count). The van der Waals surface area contributed by atoms with Crippen LogP contribution in [0.2, 0.25) is 0 Å². The van der Waals surface area contributed by atoms with Gasteiger partial charge in [0.25, 0.3) is 5.91 Å². The number of hydrogen-bond acceptors (Lipinski definition) is 7. The number of fused-ring (bicyclic) bond motifs is 1. The summed E-state index contributed by atoms with van der Waals surface area (Å²) >= 11 is 8.44. The quantitative estimate of drug-likeness (QED) is 0.572. The van der Waals surface area contributed by atoms with Gasteiger partial charge in [0.15, 0.2) is 5.13 Å². The van der Waals surface area contributed by atoms with E-state index in [0.29, 0.717) is 0 Å². The molecule has 138 valence electrons. The zero-order valence-electron chi connectivity index (χ0n) is 14.6. The van der Waals surface area contributed by atoms with Gasteiger partial charge in [-0.25, -0.2) is 4.98 Å². The first-order chi connectivity index (χ1) is 12.5. The highest BCUT2D eigenvalue weighted by atomic mass is 79.9. The van der Waals surface area contributed by atoms with Gasteiger partial charge in [0, 0.05) is 51.7 Å². The van der Waals surface area contributed by atoms with E-state index in [1.54, 1.807) is 22.7 Å². The summed E-state index contributed by atoms with van der Waals surface area (Å²) in [6.07, 6.45) is 0. The van der Waals surface area contributed by atoms with E-state index < -0.39 is 0 Å². The second kappa shape index (κ2) is 7.55. The van der Waals surface area contributed by atoms with Crippen molar-refractivity contribution in [2.24, 2.45) is 0 Å². The molecule has 0 bridgehead atoms. The zero-order chi connectivity index (χ0) is 18.3. The van der Waals surface area contributed by atoms with Crippen molar-refractivity contribution in [3.8, 4) is 0 Å². The SMILES string of the molecule is CN(C)c1nc2sc(C(=O)N3CCN(Cc4ccc(Br)s4)CC3)cc2s1. The molecule has 3 aromatic rings. The van der Waals surface area contributed by atoms with Crippen molar-refractivity contribution in [3.63, 3.8) is 0 Å². The summed E-state index contributed by atoms with van der Waals surface area (Å²) in [6, 6.07) is 6.26. The Kier molecular flexibility index (Phi) is 5.34. The molecule has 0 N–H and O–H groups in total. The first-order valence-electron chi connectivity index (χ1n) is 8.33. The second-order valence-corrected chi connectivity index (χ2v) is 11.0. The molecule has 1 amide bonds. The summed E-state index contributed by atoms with van der Waals surface area (Å²) in [5.41, 5.74) is 0. The first-order valence-corrected chi connectivity index (χ1v) is 11.6. The van der Waals surface area contributed by atoms with Crippen LogP contribution in [0.4, 0.5) is 5.13 Å². The van der Waals surface area contributed by atoms with Crippen molar-refractivity contribution in [3.05, 3.63) is 31.7 Å². The summed E-state index contributed by atoms with van der Waals surface area (Å²) in [5, 5.41) is 0.985. The Morgan fingerprint density at radius 1 is 1.19 bits per heavy atom. The molecule has 0 saturated carbocycles. The maximum atomic E-state index is 12.8. The number of hydrogen-bond donors (Lipinski definition) is 0. The number of amides is 1. The highest BCUT2D eigenvalue weighted by Gasteiger charge is 2.24. The molecule has 0 atom stereocenters. The predicted octanol–water partition coefficient (Wildman–Crippen LogP) is 4.21. The number of anilines is 1. The van der Waals surface area contributed by atoms with Gasteiger partial charge in [-0.15, -0.1) is 22.7 Å². The minimum absolute atomic E-state index is 0.144. The van der Waals surface area contributed by atoms with Crippen LogP contribution in [0.25, 0.3) is 9.53 Å². The fourth-order valence-corrected chi connectivity index (χ4v) is 6.57. The normalized spacial score (nSPS) is 15.7. The van der Waals surface area contributed by atoms with E-state index in [-0.39, 0.29) is 5.91 Å². The standard InChI is InChI=1S/C17H19BrN4OS3/c1-20(2)17-19-15-12(26-17)9-13(25-15)16(23)22-7-5-21(6-8-22)10-11-3-4-14(18)24-11/h3-4,9H,5-8,10H2,1-2H3. The Bertz CT molecular complexity index is 892. The monoisotopic (exact) mass is 470 g/mol. The van der Waals surface area contributed by atoms with Gasteiger partial charge < -0.3 is 9.80 Å². The van der Waals surface area contributed by atoms with Gasteiger partial charge in [0.2, 0.25) is 0 Å². The third-order valence-electron chi connectivity index (χ3n) is 4.34. The molecule has 0 unspecified atom stereocenters.